The van der Waals surface area contributed by atoms with Gasteiger partial charge in [-0.15, -0.1) is 0 Å². The molecular weight excluding hydrogens is 294 g/mol. The van der Waals surface area contributed by atoms with Crippen molar-refractivity contribution in [3.8, 4) is 6.07 Å². The molecule has 1 aromatic heterocycles. The van der Waals surface area contributed by atoms with Crippen LogP contribution in [0.3, 0.4) is 0 Å². The number of nitriles is 1. The van der Waals surface area contributed by atoms with Gasteiger partial charge < -0.3 is 5.32 Å². The van der Waals surface area contributed by atoms with E-state index >= 15 is 0 Å². The Labute approximate surface area is 136 Å². The predicted octanol–water partition coefficient (Wildman–Crippen LogP) is 3.44. The van der Waals surface area contributed by atoms with Crippen molar-refractivity contribution in [2.75, 3.05) is 6.54 Å². The van der Waals surface area contributed by atoms with Gasteiger partial charge in [-0.1, -0.05) is 23.4 Å². The number of amides is 1. The summed E-state index contributed by atoms with van der Waals surface area (Å²) < 4.78 is 0. The molecule has 4 nitrogen and oxygen atoms in total. The minimum absolute atomic E-state index is 0.0190. The van der Waals surface area contributed by atoms with Crippen LogP contribution in [0.4, 0.5) is 0 Å². The molecule has 0 spiro atoms. The molecule has 116 valence electrons. The standard InChI is InChI=1S/C17H21N3OS/c1-13(22-16-11-15(12-18)8-9-19-16)17(21)20-10-7-14-5-3-2-4-6-14/h5,8-9,11,13H,2-4,6-7,10H2,1H3,(H,20,21). The topological polar surface area (TPSA) is 65.8 Å². The first kappa shape index (κ1) is 16.6. The summed E-state index contributed by atoms with van der Waals surface area (Å²) in [6, 6.07) is 5.45. The van der Waals surface area contributed by atoms with Gasteiger partial charge in [-0.2, -0.15) is 5.26 Å². The summed E-state index contributed by atoms with van der Waals surface area (Å²) in [5.74, 6) is 0.0190. The molecule has 1 amide bonds. The fourth-order valence-electron chi connectivity index (χ4n) is 2.40. The zero-order chi connectivity index (χ0) is 15.8. The van der Waals surface area contributed by atoms with E-state index in [1.54, 1.807) is 18.3 Å². The lowest BCUT2D eigenvalue weighted by Crippen LogP contribution is -2.31. The Balaban J connectivity index is 1.76. The van der Waals surface area contributed by atoms with Crippen LogP contribution < -0.4 is 5.32 Å². The Hall–Kier alpha value is -1.80. The van der Waals surface area contributed by atoms with Crippen LogP contribution in [0.25, 0.3) is 0 Å². The lowest BCUT2D eigenvalue weighted by molar-refractivity contribution is -0.120. The summed E-state index contributed by atoms with van der Waals surface area (Å²) >= 11 is 1.38. The molecule has 1 atom stereocenters. The van der Waals surface area contributed by atoms with E-state index < -0.39 is 0 Å². The van der Waals surface area contributed by atoms with E-state index in [9.17, 15) is 4.79 Å². The number of hydrogen-bond acceptors (Lipinski definition) is 4. The Morgan fingerprint density at radius 1 is 1.55 bits per heavy atom. The van der Waals surface area contributed by atoms with Gasteiger partial charge in [0.15, 0.2) is 0 Å². The molecule has 5 heteroatoms. The van der Waals surface area contributed by atoms with Crippen LogP contribution in [0, 0.1) is 11.3 Å². The van der Waals surface area contributed by atoms with Crippen molar-refractivity contribution < 1.29 is 4.79 Å². The minimum atomic E-state index is -0.221. The van der Waals surface area contributed by atoms with Gasteiger partial charge in [0.1, 0.15) is 0 Å². The molecule has 0 fully saturated rings. The number of hydrogen-bond donors (Lipinski definition) is 1. The highest BCUT2D eigenvalue weighted by molar-refractivity contribution is 8.00. The number of nitrogens with one attached hydrogen (secondary N) is 1. The molecule has 1 unspecified atom stereocenters. The molecule has 0 saturated heterocycles. The minimum Gasteiger partial charge on any atom is -0.355 e. The molecule has 0 aliphatic heterocycles. The molecular formula is C17H21N3OS. The Morgan fingerprint density at radius 2 is 2.41 bits per heavy atom. The van der Waals surface area contributed by atoms with Crippen molar-refractivity contribution in [1.82, 2.24) is 10.3 Å². The second-order valence-electron chi connectivity index (χ2n) is 5.40. The predicted molar refractivity (Wildman–Crippen MR) is 88.4 cm³/mol. The summed E-state index contributed by atoms with van der Waals surface area (Å²) in [6.45, 7) is 2.56. The third-order valence-electron chi connectivity index (χ3n) is 3.66. The maximum absolute atomic E-state index is 12.1. The van der Waals surface area contributed by atoms with Crippen molar-refractivity contribution in [1.29, 1.82) is 5.26 Å². The Morgan fingerprint density at radius 3 is 3.14 bits per heavy atom. The highest BCUT2D eigenvalue weighted by Crippen LogP contribution is 2.22. The molecule has 0 radical (unpaired) electrons. The SMILES string of the molecule is CC(Sc1cc(C#N)ccn1)C(=O)NCCC1=CCCCC1. The van der Waals surface area contributed by atoms with Gasteiger partial charge in [-0.25, -0.2) is 4.98 Å². The van der Waals surface area contributed by atoms with Crippen molar-refractivity contribution in [2.24, 2.45) is 0 Å². The number of aromatic nitrogens is 1. The molecule has 1 N–H and O–H groups in total. The zero-order valence-electron chi connectivity index (χ0n) is 12.8. The van der Waals surface area contributed by atoms with Gasteiger partial charge in [0.25, 0.3) is 0 Å². The van der Waals surface area contributed by atoms with Gasteiger partial charge in [0.2, 0.25) is 5.91 Å². The number of carbonyl (C=O) groups excluding carboxylic acids is 1. The van der Waals surface area contributed by atoms with Crippen LogP contribution in [-0.2, 0) is 4.79 Å². The van der Waals surface area contributed by atoms with E-state index in [0.717, 1.165) is 6.42 Å². The van der Waals surface area contributed by atoms with E-state index in [1.807, 2.05) is 6.92 Å². The fourth-order valence-corrected chi connectivity index (χ4v) is 3.27. The lowest BCUT2D eigenvalue weighted by Gasteiger charge is -2.14. The average Bonchev–Trinajstić information content (AvgIpc) is 2.56. The number of nitrogens with zero attached hydrogens (tertiary/aromatic N) is 2. The van der Waals surface area contributed by atoms with Crippen LogP contribution in [0.2, 0.25) is 0 Å². The number of rotatable bonds is 6. The number of carbonyl (C=O) groups is 1. The van der Waals surface area contributed by atoms with E-state index in [0.29, 0.717) is 17.1 Å². The lowest BCUT2D eigenvalue weighted by atomic mass is 9.97. The molecule has 1 heterocycles. The first-order valence-electron chi connectivity index (χ1n) is 7.67. The van der Waals surface area contributed by atoms with Crippen LogP contribution in [0.1, 0.15) is 44.6 Å². The van der Waals surface area contributed by atoms with Crippen LogP contribution in [-0.4, -0.2) is 22.7 Å². The van der Waals surface area contributed by atoms with Crippen LogP contribution in [0.5, 0.6) is 0 Å². The summed E-state index contributed by atoms with van der Waals surface area (Å²) in [5, 5.41) is 12.3. The van der Waals surface area contributed by atoms with Gasteiger partial charge >= 0.3 is 0 Å². The molecule has 0 saturated carbocycles. The molecule has 0 bridgehead atoms. The first-order valence-corrected chi connectivity index (χ1v) is 8.55. The number of pyridine rings is 1. The normalized spacial score (nSPS) is 15.5. The maximum Gasteiger partial charge on any atom is 0.233 e. The maximum atomic E-state index is 12.1. The molecule has 1 aromatic rings. The summed E-state index contributed by atoms with van der Waals surface area (Å²) in [6.07, 6.45) is 9.77. The average molecular weight is 315 g/mol. The second kappa shape index (κ2) is 8.60. The highest BCUT2D eigenvalue weighted by atomic mass is 32.2. The molecule has 1 aliphatic carbocycles. The number of thioether (sulfide) groups is 1. The fraction of sp³-hybridized carbons (Fsp3) is 0.471. The van der Waals surface area contributed by atoms with E-state index in [-0.39, 0.29) is 11.2 Å². The zero-order valence-corrected chi connectivity index (χ0v) is 13.7. The van der Waals surface area contributed by atoms with E-state index in [1.165, 1.54) is 43.0 Å². The van der Waals surface area contributed by atoms with Crippen molar-refractivity contribution in [3.63, 3.8) is 0 Å². The first-order chi connectivity index (χ1) is 10.7. The third kappa shape index (κ3) is 5.19. The Bertz CT molecular complexity index is 592. The summed E-state index contributed by atoms with van der Waals surface area (Å²) in [5.41, 5.74) is 2.03. The number of allylic oxidation sites excluding steroid dienone is 1. The van der Waals surface area contributed by atoms with Crippen molar-refractivity contribution >= 4 is 17.7 Å². The van der Waals surface area contributed by atoms with Crippen LogP contribution in [0.15, 0.2) is 35.0 Å². The second-order valence-corrected chi connectivity index (χ2v) is 6.76. The van der Waals surface area contributed by atoms with E-state index in [4.69, 9.17) is 5.26 Å². The quantitative estimate of drug-likeness (QED) is 0.645. The largest absolute Gasteiger partial charge is 0.355 e. The van der Waals surface area contributed by atoms with Gasteiger partial charge in [0.05, 0.1) is 21.9 Å². The molecule has 0 aromatic carbocycles. The highest BCUT2D eigenvalue weighted by Gasteiger charge is 2.15. The monoisotopic (exact) mass is 315 g/mol. The smallest absolute Gasteiger partial charge is 0.233 e. The molecule has 1 aliphatic rings. The third-order valence-corrected chi connectivity index (χ3v) is 4.69. The molecule has 2 rings (SSSR count). The molecule has 22 heavy (non-hydrogen) atoms. The van der Waals surface area contributed by atoms with Crippen LogP contribution >= 0.6 is 11.8 Å². The van der Waals surface area contributed by atoms with Gasteiger partial charge in [0, 0.05) is 12.7 Å². The summed E-state index contributed by atoms with van der Waals surface area (Å²) in [7, 11) is 0. The summed E-state index contributed by atoms with van der Waals surface area (Å²) in [4.78, 5) is 16.3. The van der Waals surface area contributed by atoms with E-state index in [2.05, 4.69) is 22.4 Å². The Kier molecular flexibility index (Phi) is 6.47. The van der Waals surface area contributed by atoms with Crippen molar-refractivity contribution in [2.45, 2.75) is 49.3 Å². The van der Waals surface area contributed by atoms with Gasteiger partial charge in [-0.3, -0.25) is 4.79 Å². The van der Waals surface area contributed by atoms with Crippen molar-refractivity contribution in [3.05, 3.63) is 35.5 Å². The van der Waals surface area contributed by atoms with Gasteiger partial charge in [-0.05, 0) is 51.2 Å².